The molecular weight excluding hydrogens is 456 g/mol. The van der Waals surface area contributed by atoms with E-state index in [1.165, 1.54) is 36.4 Å². The molecule has 2 aromatic carbocycles. The van der Waals surface area contributed by atoms with E-state index < -0.39 is 30.8 Å². The lowest BCUT2D eigenvalue weighted by molar-refractivity contribution is 0.0998. The molecule has 1 heterocycles. The fourth-order valence-electron chi connectivity index (χ4n) is 2.82. The van der Waals surface area contributed by atoms with Crippen LogP contribution in [0.4, 0.5) is 0 Å². The van der Waals surface area contributed by atoms with Crippen molar-refractivity contribution in [3.63, 3.8) is 0 Å². The average Bonchev–Trinajstić information content (AvgIpc) is 3.04. The molecule has 0 atom stereocenters. The Morgan fingerprint density at radius 1 is 1.10 bits per heavy atom. The second-order valence-electron chi connectivity index (χ2n) is 7.11. The van der Waals surface area contributed by atoms with E-state index in [0.717, 1.165) is 17.6 Å². The summed E-state index contributed by atoms with van der Waals surface area (Å²) in [4.78, 5) is 17.5. The highest BCUT2D eigenvalue weighted by Crippen LogP contribution is 2.22. The van der Waals surface area contributed by atoms with Crippen LogP contribution in [-0.2, 0) is 26.2 Å². The molecule has 0 aliphatic carbocycles. The lowest BCUT2D eigenvalue weighted by Crippen LogP contribution is -2.17. The SMILES string of the molecule is C#CCn1c(=NC(=O)c2ccc(S(=O)(=O)C(C)C)cc2)sc2cc(S(C)(=O)=O)ccc21. The first kappa shape index (κ1) is 22.9. The van der Waals surface area contributed by atoms with Gasteiger partial charge in [0, 0.05) is 11.8 Å². The number of sulfone groups is 2. The standard InChI is InChI=1S/C21H20N2O5S3/c1-5-12-23-18-11-10-17(30(4,25)26)13-19(18)29-21(23)22-20(24)15-6-8-16(9-7-15)31(27,28)14(2)3/h1,6-11,13-14H,12H2,2-4H3. The first-order chi connectivity index (χ1) is 14.4. The van der Waals surface area contributed by atoms with Gasteiger partial charge in [0.25, 0.3) is 5.91 Å². The van der Waals surface area contributed by atoms with Gasteiger partial charge in [-0.25, -0.2) is 16.8 Å². The summed E-state index contributed by atoms with van der Waals surface area (Å²) in [6.07, 6.45) is 6.58. The van der Waals surface area contributed by atoms with Gasteiger partial charge < -0.3 is 4.57 Å². The largest absolute Gasteiger partial charge is 0.305 e. The van der Waals surface area contributed by atoms with Crippen molar-refractivity contribution >= 4 is 47.1 Å². The number of thiazole rings is 1. The summed E-state index contributed by atoms with van der Waals surface area (Å²) in [5, 5.41) is -0.572. The molecule has 7 nitrogen and oxygen atoms in total. The van der Waals surface area contributed by atoms with Gasteiger partial charge in [-0.1, -0.05) is 17.3 Å². The molecule has 0 saturated heterocycles. The number of carbonyl (C=O) groups is 1. The molecule has 0 N–H and O–H groups in total. The number of terminal acetylenes is 1. The molecule has 10 heteroatoms. The van der Waals surface area contributed by atoms with E-state index >= 15 is 0 Å². The summed E-state index contributed by atoms with van der Waals surface area (Å²) in [6.45, 7) is 3.32. The molecule has 0 bridgehead atoms. The predicted octanol–water partition coefficient (Wildman–Crippen LogP) is 2.66. The van der Waals surface area contributed by atoms with E-state index in [9.17, 15) is 21.6 Å². The molecule has 162 valence electrons. The van der Waals surface area contributed by atoms with Crippen LogP contribution in [0, 0.1) is 12.3 Å². The number of carbonyl (C=O) groups excluding carboxylic acids is 1. The summed E-state index contributed by atoms with van der Waals surface area (Å²) in [5.41, 5.74) is 0.893. The van der Waals surface area contributed by atoms with Gasteiger partial charge in [0.05, 0.1) is 31.8 Å². The second kappa shape index (κ2) is 8.42. The Morgan fingerprint density at radius 3 is 2.26 bits per heavy atom. The van der Waals surface area contributed by atoms with Gasteiger partial charge in [0.15, 0.2) is 24.5 Å². The zero-order valence-electron chi connectivity index (χ0n) is 17.1. The average molecular weight is 477 g/mol. The third-order valence-electron chi connectivity index (χ3n) is 4.58. The van der Waals surface area contributed by atoms with E-state index in [4.69, 9.17) is 6.42 Å². The molecule has 0 spiro atoms. The molecule has 0 radical (unpaired) electrons. The normalized spacial score (nSPS) is 12.9. The van der Waals surface area contributed by atoms with Gasteiger partial charge in [-0.15, -0.1) is 6.42 Å². The van der Waals surface area contributed by atoms with Crippen molar-refractivity contribution in [3.8, 4) is 12.3 Å². The zero-order valence-corrected chi connectivity index (χ0v) is 19.5. The monoisotopic (exact) mass is 476 g/mol. The van der Waals surface area contributed by atoms with Crippen LogP contribution in [0.5, 0.6) is 0 Å². The Labute approximate surface area is 184 Å². The number of nitrogens with zero attached hydrogens (tertiary/aromatic N) is 2. The summed E-state index contributed by atoms with van der Waals surface area (Å²) >= 11 is 1.15. The van der Waals surface area contributed by atoms with Gasteiger partial charge in [0.2, 0.25) is 0 Å². The molecule has 0 saturated carbocycles. The Hall–Kier alpha value is -2.74. The maximum Gasteiger partial charge on any atom is 0.279 e. The van der Waals surface area contributed by atoms with Crippen LogP contribution in [0.25, 0.3) is 10.2 Å². The maximum atomic E-state index is 12.7. The molecule has 31 heavy (non-hydrogen) atoms. The second-order valence-corrected chi connectivity index (χ2v) is 12.6. The van der Waals surface area contributed by atoms with Crippen LogP contribution in [0.2, 0.25) is 0 Å². The number of hydrogen-bond acceptors (Lipinski definition) is 6. The quantitative estimate of drug-likeness (QED) is 0.527. The summed E-state index contributed by atoms with van der Waals surface area (Å²) < 4.78 is 50.5. The van der Waals surface area contributed by atoms with Gasteiger partial charge in [-0.2, -0.15) is 4.99 Å². The molecule has 1 aromatic heterocycles. The zero-order chi connectivity index (χ0) is 23.0. The van der Waals surface area contributed by atoms with Crippen LogP contribution in [-0.4, -0.2) is 38.8 Å². The van der Waals surface area contributed by atoms with Crippen molar-refractivity contribution in [1.82, 2.24) is 4.57 Å². The summed E-state index contributed by atoms with van der Waals surface area (Å²) in [5.74, 6) is 1.95. The van der Waals surface area contributed by atoms with Crippen molar-refractivity contribution in [3.05, 3.63) is 52.8 Å². The van der Waals surface area contributed by atoms with E-state index in [0.29, 0.717) is 15.0 Å². The fraction of sp³-hybridized carbons (Fsp3) is 0.238. The molecule has 3 rings (SSSR count). The van der Waals surface area contributed by atoms with Gasteiger partial charge in [-0.3, -0.25) is 4.79 Å². The summed E-state index contributed by atoms with van der Waals surface area (Å²) in [6, 6.07) is 10.3. The third-order valence-corrected chi connectivity index (χ3v) is 8.90. The van der Waals surface area contributed by atoms with Crippen molar-refractivity contribution in [2.45, 2.75) is 35.4 Å². The Balaban J connectivity index is 2.08. The minimum absolute atomic E-state index is 0.136. The van der Waals surface area contributed by atoms with Crippen molar-refractivity contribution in [2.24, 2.45) is 4.99 Å². The lowest BCUT2D eigenvalue weighted by Gasteiger charge is -2.07. The molecular formula is C21H20N2O5S3. The van der Waals surface area contributed by atoms with Gasteiger partial charge in [0.1, 0.15) is 0 Å². The molecule has 0 fully saturated rings. The number of aromatic nitrogens is 1. The molecule has 0 unspecified atom stereocenters. The maximum absolute atomic E-state index is 12.7. The van der Waals surface area contributed by atoms with Crippen LogP contribution < -0.4 is 4.80 Å². The highest BCUT2D eigenvalue weighted by atomic mass is 32.2. The fourth-order valence-corrected chi connectivity index (χ4v) is 5.67. The van der Waals surface area contributed by atoms with Crippen molar-refractivity contribution in [2.75, 3.05) is 6.26 Å². The lowest BCUT2D eigenvalue weighted by atomic mass is 10.2. The molecule has 0 aliphatic rings. The van der Waals surface area contributed by atoms with E-state index in [-0.39, 0.29) is 21.9 Å². The molecule has 3 aromatic rings. The Morgan fingerprint density at radius 2 is 1.71 bits per heavy atom. The highest BCUT2D eigenvalue weighted by Gasteiger charge is 2.19. The Bertz CT molecular complexity index is 1490. The van der Waals surface area contributed by atoms with Crippen LogP contribution in [0.3, 0.4) is 0 Å². The van der Waals surface area contributed by atoms with Crippen LogP contribution in [0.1, 0.15) is 24.2 Å². The van der Waals surface area contributed by atoms with Crippen LogP contribution in [0.15, 0.2) is 57.2 Å². The number of rotatable bonds is 5. The molecule has 0 aliphatic heterocycles. The number of hydrogen-bond donors (Lipinski definition) is 0. The van der Waals surface area contributed by atoms with E-state index in [1.54, 1.807) is 24.5 Å². The molecule has 1 amide bonds. The smallest absolute Gasteiger partial charge is 0.279 e. The van der Waals surface area contributed by atoms with E-state index in [1.807, 2.05) is 0 Å². The minimum Gasteiger partial charge on any atom is -0.305 e. The predicted molar refractivity (Wildman–Crippen MR) is 120 cm³/mol. The highest BCUT2D eigenvalue weighted by molar-refractivity contribution is 7.92. The first-order valence-electron chi connectivity index (χ1n) is 9.15. The van der Waals surface area contributed by atoms with Crippen LogP contribution >= 0.6 is 11.3 Å². The van der Waals surface area contributed by atoms with Gasteiger partial charge in [-0.05, 0) is 56.3 Å². The minimum atomic E-state index is -3.44. The van der Waals surface area contributed by atoms with Crippen molar-refractivity contribution < 1.29 is 21.6 Å². The summed E-state index contributed by atoms with van der Waals surface area (Å²) in [7, 11) is -6.83. The van der Waals surface area contributed by atoms with Crippen molar-refractivity contribution in [1.29, 1.82) is 0 Å². The third kappa shape index (κ3) is 4.63. The van der Waals surface area contributed by atoms with E-state index in [2.05, 4.69) is 10.9 Å². The van der Waals surface area contributed by atoms with Gasteiger partial charge >= 0.3 is 0 Å². The topological polar surface area (TPSA) is 103 Å². The number of fused-ring (bicyclic) bond motifs is 1. The Kier molecular flexibility index (Phi) is 6.23. The first-order valence-corrected chi connectivity index (χ1v) is 13.4. The number of benzene rings is 2. The number of amides is 1.